The zero-order valence-corrected chi connectivity index (χ0v) is 20.1. The summed E-state index contributed by atoms with van der Waals surface area (Å²) in [5, 5.41) is 13.4. The Hall–Kier alpha value is -3.74. The number of Topliss-reactive ketones (excluding diaryl/α,β-unsaturated/α-hetero) is 1. The first-order valence-electron chi connectivity index (χ1n) is 11.2. The van der Waals surface area contributed by atoms with Crippen LogP contribution >= 0.6 is 0 Å². The summed E-state index contributed by atoms with van der Waals surface area (Å²) in [5.74, 6) is -0.808. The number of hydrogen-bond acceptors (Lipinski definition) is 7. The van der Waals surface area contributed by atoms with Crippen molar-refractivity contribution in [3.63, 3.8) is 0 Å². The zero-order valence-electron chi connectivity index (χ0n) is 20.1. The second kappa shape index (κ2) is 9.25. The number of rotatable bonds is 5. The van der Waals surface area contributed by atoms with Gasteiger partial charge in [0.05, 0.1) is 19.8 Å². The monoisotopic (exact) mass is 462 g/mol. The molecule has 0 radical (unpaired) electrons. The van der Waals surface area contributed by atoms with E-state index < -0.39 is 11.9 Å². The van der Waals surface area contributed by atoms with Crippen LogP contribution in [0.4, 0.5) is 5.69 Å². The number of phenols is 1. The van der Waals surface area contributed by atoms with Crippen molar-refractivity contribution < 1.29 is 24.2 Å². The smallest absolute Gasteiger partial charge is 0.336 e. The quantitative estimate of drug-likeness (QED) is 0.650. The third kappa shape index (κ3) is 4.14. The van der Waals surface area contributed by atoms with E-state index in [1.54, 1.807) is 12.1 Å². The molecule has 0 unspecified atom stereocenters. The molecule has 0 fully saturated rings. The Morgan fingerprint density at radius 2 is 1.74 bits per heavy atom. The largest absolute Gasteiger partial charge is 0.504 e. The van der Waals surface area contributed by atoms with Gasteiger partial charge in [-0.15, -0.1) is 0 Å². The molecule has 0 bridgehead atoms. The van der Waals surface area contributed by atoms with Gasteiger partial charge in [0, 0.05) is 49.1 Å². The Morgan fingerprint density at radius 1 is 1.06 bits per heavy atom. The van der Waals surface area contributed by atoms with Crippen molar-refractivity contribution in [3.05, 3.63) is 76.1 Å². The minimum absolute atomic E-state index is 0.00841. The number of benzene rings is 2. The number of phenolic OH excluding ortho intramolecular Hbond substituents is 1. The van der Waals surface area contributed by atoms with E-state index in [1.807, 2.05) is 25.9 Å². The van der Waals surface area contributed by atoms with Crippen molar-refractivity contribution in [2.45, 2.75) is 31.6 Å². The summed E-state index contributed by atoms with van der Waals surface area (Å²) in [6, 6.07) is 13.2. The lowest BCUT2D eigenvalue weighted by Gasteiger charge is -2.36. The molecule has 2 aromatic carbocycles. The highest BCUT2D eigenvalue weighted by atomic mass is 16.5. The van der Waals surface area contributed by atoms with Gasteiger partial charge in [-0.2, -0.15) is 0 Å². The number of ketones is 1. The molecule has 2 atom stereocenters. The van der Waals surface area contributed by atoms with Crippen molar-refractivity contribution in [2.24, 2.45) is 0 Å². The van der Waals surface area contributed by atoms with Gasteiger partial charge in [0.2, 0.25) is 0 Å². The molecule has 7 heteroatoms. The molecule has 4 rings (SSSR count). The van der Waals surface area contributed by atoms with Gasteiger partial charge in [-0.1, -0.05) is 18.2 Å². The maximum absolute atomic E-state index is 13.6. The number of anilines is 1. The molecule has 7 nitrogen and oxygen atoms in total. The number of nitrogens with zero attached hydrogens (tertiary/aromatic N) is 1. The van der Waals surface area contributed by atoms with E-state index in [2.05, 4.69) is 29.6 Å². The molecule has 1 aliphatic heterocycles. The van der Waals surface area contributed by atoms with Gasteiger partial charge in [-0.25, -0.2) is 4.79 Å². The molecule has 2 aromatic rings. The first-order chi connectivity index (χ1) is 16.2. The van der Waals surface area contributed by atoms with Crippen LogP contribution in [-0.4, -0.2) is 45.2 Å². The SMILES string of the molecule is COC(=O)C1=C(C)NC2=C(C(=O)C[C@@H](c3ccc(N(C)C)cc3)C2)[C@H]1c1ccc(O)c(OC)c1. The highest BCUT2D eigenvalue weighted by molar-refractivity contribution is 6.04. The van der Waals surface area contributed by atoms with Crippen LogP contribution in [0.2, 0.25) is 0 Å². The highest BCUT2D eigenvalue weighted by Gasteiger charge is 2.41. The molecular weight excluding hydrogens is 432 g/mol. The maximum atomic E-state index is 13.6. The lowest BCUT2D eigenvalue weighted by Crippen LogP contribution is -2.36. The van der Waals surface area contributed by atoms with E-state index >= 15 is 0 Å². The molecule has 0 amide bonds. The minimum atomic E-state index is -0.609. The van der Waals surface area contributed by atoms with Crippen LogP contribution in [0.15, 0.2) is 65.0 Å². The second-order valence-corrected chi connectivity index (χ2v) is 8.93. The molecule has 178 valence electrons. The number of carbonyl (C=O) groups is 2. The molecule has 1 aliphatic carbocycles. The fourth-order valence-corrected chi connectivity index (χ4v) is 4.91. The Morgan fingerprint density at radius 3 is 2.35 bits per heavy atom. The third-order valence-electron chi connectivity index (χ3n) is 6.65. The van der Waals surface area contributed by atoms with Crippen LogP contribution in [0.5, 0.6) is 11.5 Å². The standard InChI is InChI=1S/C27H30N2O5/c1-15-24(27(32)34-5)25(17-8-11-21(30)23(14-17)33-4)26-20(28-15)12-18(13-22(26)31)16-6-9-19(10-7-16)29(2)3/h6-11,14,18,25,28,30H,12-13H2,1-5H3/t18-,25-/m0/s1. The second-order valence-electron chi connectivity index (χ2n) is 8.93. The van der Waals surface area contributed by atoms with Crippen LogP contribution in [-0.2, 0) is 14.3 Å². The van der Waals surface area contributed by atoms with Crippen molar-refractivity contribution in [1.29, 1.82) is 0 Å². The maximum Gasteiger partial charge on any atom is 0.336 e. The van der Waals surface area contributed by atoms with Gasteiger partial charge in [0.1, 0.15) is 0 Å². The number of carbonyl (C=O) groups excluding carboxylic acids is 2. The summed E-state index contributed by atoms with van der Waals surface area (Å²) in [5.41, 5.74) is 5.32. The van der Waals surface area contributed by atoms with Crippen molar-refractivity contribution in [1.82, 2.24) is 5.32 Å². The molecule has 2 N–H and O–H groups in total. The number of nitrogens with one attached hydrogen (secondary N) is 1. The molecule has 0 aromatic heterocycles. The number of dihydropyridines is 1. The number of methoxy groups -OCH3 is 2. The minimum Gasteiger partial charge on any atom is -0.504 e. The molecule has 0 saturated carbocycles. The van der Waals surface area contributed by atoms with Crippen LogP contribution in [0, 0.1) is 0 Å². The first kappa shape index (κ1) is 23.4. The summed E-state index contributed by atoms with van der Waals surface area (Å²) in [6.45, 7) is 1.82. The predicted octanol–water partition coefficient (Wildman–Crippen LogP) is 4.00. The Bertz CT molecular complexity index is 1190. The van der Waals surface area contributed by atoms with Gasteiger partial charge < -0.3 is 24.8 Å². The normalized spacial score (nSPS) is 20.0. The van der Waals surface area contributed by atoms with E-state index in [1.165, 1.54) is 20.3 Å². The van der Waals surface area contributed by atoms with E-state index in [-0.39, 0.29) is 23.2 Å². The average Bonchev–Trinajstić information content (AvgIpc) is 2.83. The summed E-state index contributed by atoms with van der Waals surface area (Å²) in [7, 11) is 6.78. The van der Waals surface area contributed by atoms with Gasteiger partial charge in [-0.3, -0.25) is 4.79 Å². The van der Waals surface area contributed by atoms with Crippen molar-refractivity contribution in [3.8, 4) is 11.5 Å². The number of hydrogen-bond donors (Lipinski definition) is 2. The Labute approximate surface area is 199 Å². The molecule has 0 spiro atoms. The lowest BCUT2D eigenvalue weighted by molar-refractivity contribution is -0.136. The third-order valence-corrected chi connectivity index (χ3v) is 6.65. The molecule has 1 heterocycles. The number of esters is 1. The first-order valence-corrected chi connectivity index (χ1v) is 11.2. The highest BCUT2D eigenvalue weighted by Crippen LogP contribution is 2.46. The fraction of sp³-hybridized carbons (Fsp3) is 0.333. The van der Waals surface area contributed by atoms with E-state index in [4.69, 9.17) is 9.47 Å². The Balaban J connectivity index is 1.78. The van der Waals surface area contributed by atoms with Crippen LogP contribution < -0.4 is 15.0 Å². The zero-order chi connectivity index (χ0) is 24.6. The lowest BCUT2D eigenvalue weighted by atomic mass is 9.71. The summed E-state index contributed by atoms with van der Waals surface area (Å²) in [6.07, 6.45) is 1.00. The van der Waals surface area contributed by atoms with Crippen LogP contribution in [0.3, 0.4) is 0 Å². The summed E-state index contributed by atoms with van der Waals surface area (Å²) in [4.78, 5) is 28.4. The topological polar surface area (TPSA) is 88.1 Å². The van der Waals surface area contributed by atoms with E-state index in [0.717, 1.165) is 16.9 Å². The van der Waals surface area contributed by atoms with Gasteiger partial charge in [-0.05, 0) is 54.7 Å². The van der Waals surface area contributed by atoms with Crippen molar-refractivity contribution >= 4 is 17.4 Å². The van der Waals surface area contributed by atoms with Gasteiger partial charge >= 0.3 is 5.97 Å². The molecular formula is C27H30N2O5. The van der Waals surface area contributed by atoms with Gasteiger partial charge in [0.15, 0.2) is 17.3 Å². The van der Waals surface area contributed by atoms with E-state index in [0.29, 0.717) is 35.2 Å². The van der Waals surface area contributed by atoms with E-state index in [9.17, 15) is 14.7 Å². The number of allylic oxidation sites excluding steroid dienone is 3. The van der Waals surface area contributed by atoms with Crippen LogP contribution in [0.25, 0.3) is 0 Å². The number of ether oxygens (including phenoxy) is 2. The van der Waals surface area contributed by atoms with Crippen molar-refractivity contribution in [2.75, 3.05) is 33.2 Å². The average molecular weight is 463 g/mol. The van der Waals surface area contributed by atoms with Gasteiger partial charge in [0.25, 0.3) is 0 Å². The van der Waals surface area contributed by atoms with Crippen LogP contribution in [0.1, 0.15) is 42.7 Å². The fourth-order valence-electron chi connectivity index (χ4n) is 4.91. The molecule has 2 aliphatic rings. The summed E-state index contributed by atoms with van der Waals surface area (Å²) < 4.78 is 10.4. The Kier molecular flexibility index (Phi) is 6.37. The molecule has 0 saturated heterocycles. The molecule has 34 heavy (non-hydrogen) atoms. The summed E-state index contributed by atoms with van der Waals surface area (Å²) >= 11 is 0. The number of aromatic hydroxyl groups is 1. The predicted molar refractivity (Wildman–Crippen MR) is 130 cm³/mol.